The number of aryl methyl sites for hydroxylation is 1. The number of nitro groups is 1. The van der Waals surface area contributed by atoms with Crippen LogP contribution >= 0.6 is 11.6 Å². The van der Waals surface area contributed by atoms with Gasteiger partial charge in [0.25, 0.3) is 5.69 Å². The molecule has 0 aliphatic carbocycles. The lowest BCUT2D eigenvalue weighted by Crippen LogP contribution is -2.39. The molecule has 0 saturated carbocycles. The van der Waals surface area contributed by atoms with Gasteiger partial charge < -0.3 is 9.64 Å². The summed E-state index contributed by atoms with van der Waals surface area (Å²) >= 11 is 5.76. The normalized spacial score (nSPS) is 18.0. The van der Waals surface area contributed by atoms with Gasteiger partial charge in [-0.05, 0) is 6.07 Å². The van der Waals surface area contributed by atoms with Gasteiger partial charge in [-0.2, -0.15) is 18.3 Å². The van der Waals surface area contributed by atoms with E-state index in [-0.39, 0.29) is 25.4 Å². The van der Waals surface area contributed by atoms with Crippen LogP contribution in [0.5, 0.6) is 0 Å². The molecule has 8 nitrogen and oxygen atoms in total. The van der Waals surface area contributed by atoms with Crippen molar-refractivity contribution in [3.63, 3.8) is 0 Å². The molecule has 0 radical (unpaired) electrons. The molecule has 1 unspecified atom stereocenters. The van der Waals surface area contributed by atoms with Crippen LogP contribution in [-0.2, 0) is 17.3 Å². The van der Waals surface area contributed by atoms with Crippen molar-refractivity contribution in [1.29, 1.82) is 0 Å². The Labute approximate surface area is 156 Å². The maximum atomic E-state index is 13.0. The van der Waals surface area contributed by atoms with Crippen molar-refractivity contribution in [2.45, 2.75) is 25.6 Å². The van der Waals surface area contributed by atoms with E-state index in [0.717, 1.165) is 6.07 Å². The SMILES string of the molecule is CCc1nc(C2CN(c3cc(Cl)c(C(F)(F)F)cc3[N+](=O)[O-])CCO2)n[nH]1. The van der Waals surface area contributed by atoms with Crippen LogP contribution < -0.4 is 4.90 Å². The molecule has 146 valence electrons. The summed E-state index contributed by atoms with van der Waals surface area (Å²) in [5.41, 5.74) is -1.92. The Morgan fingerprint density at radius 2 is 2.22 bits per heavy atom. The molecule has 0 amide bonds. The van der Waals surface area contributed by atoms with Crippen LogP contribution in [0, 0.1) is 10.1 Å². The van der Waals surface area contributed by atoms with E-state index in [9.17, 15) is 23.3 Å². The molecule has 27 heavy (non-hydrogen) atoms. The summed E-state index contributed by atoms with van der Waals surface area (Å²) in [6.45, 7) is 2.50. The Kier molecular flexibility index (Phi) is 5.24. The third kappa shape index (κ3) is 3.98. The van der Waals surface area contributed by atoms with Crippen molar-refractivity contribution in [2.75, 3.05) is 24.6 Å². The molecular formula is C15H15ClF3N5O3. The molecule has 0 spiro atoms. The zero-order chi connectivity index (χ0) is 19.8. The first-order chi connectivity index (χ1) is 12.7. The van der Waals surface area contributed by atoms with Gasteiger partial charge in [0.15, 0.2) is 5.82 Å². The van der Waals surface area contributed by atoms with Crippen LogP contribution in [0.15, 0.2) is 12.1 Å². The predicted octanol–water partition coefficient (Wildman–Crippen LogP) is 3.53. The van der Waals surface area contributed by atoms with Gasteiger partial charge in [-0.1, -0.05) is 18.5 Å². The average molecular weight is 406 g/mol. The van der Waals surface area contributed by atoms with Gasteiger partial charge in [0, 0.05) is 19.0 Å². The van der Waals surface area contributed by atoms with Crippen molar-refractivity contribution in [1.82, 2.24) is 15.2 Å². The lowest BCUT2D eigenvalue weighted by atomic mass is 10.1. The maximum Gasteiger partial charge on any atom is 0.418 e. The Balaban J connectivity index is 1.94. The van der Waals surface area contributed by atoms with Gasteiger partial charge in [0.2, 0.25) is 0 Å². The van der Waals surface area contributed by atoms with Crippen LogP contribution in [0.25, 0.3) is 0 Å². The highest BCUT2D eigenvalue weighted by molar-refractivity contribution is 6.31. The van der Waals surface area contributed by atoms with Gasteiger partial charge in [-0.3, -0.25) is 15.2 Å². The summed E-state index contributed by atoms with van der Waals surface area (Å²) in [4.78, 5) is 16.3. The van der Waals surface area contributed by atoms with E-state index >= 15 is 0 Å². The quantitative estimate of drug-likeness (QED) is 0.617. The molecule has 1 atom stereocenters. The van der Waals surface area contributed by atoms with Crippen molar-refractivity contribution in [3.8, 4) is 0 Å². The maximum absolute atomic E-state index is 13.0. The first-order valence-electron chi connectivity index (χ1n) is 8.03. The number of nitrogens with one attached hydrogen (secondary N) is 1. The van der Waals surface area contributed by atoms with Crippen molar-refractivity contribution in [3.05, 3.63) is 44.5 Å². The second-order valence-electron chi connectivity index (χ2n) is 5.87. The standard InChI is InChI=1S/C15H15ClF3N5O3/c1-2-13-20-14(22-21-13)12-7-23(3-4-27-12)10-6-9(16)8(15(17,18)19)5-11(10)24(25)26/h5-6,12H,2-4,7H2,1H3,(H,20,21,22). The fourth-order valence-electron chi connectivity index (χ4n) is 2.80. The molecule has 12 heteroatoms. The Morgan fingerprint density at radius 3 is 2.81 bits per heavy atom. The summed E-state index contributed by atoms with van der Waals surface area (Å²) in [6.07, 6.45) is -4.72. The number of rotatable bonds is 4. The number of hydrogen-bond donors (Lipinski definition) is 1. The van der Waals surface area contributed by atoms with Gasteiger partial charge in [0.05, 0.1) is 28.7 Å². The number of morpholine rings is 1. The second-order valence-corrected chi connectivity index (χ2v) is 6.28. The van der Waals surface area contributed by atoms with Crippen LogP contribution in [0.2, 0.25) is 5.02 Å². The number of benzene rings is 1. The fourth-order valence-corrected chi connectivity index (χ4v) is 3.07. The number of nitro benzene ring substituents is 1. The summed E-state index contributed by atoms with van der Waals surface area (Å²) < 4.78 is 44.7. The molecule has 1 aliphatic rings. The molecule has 0 bridgehead atoms. The molecule has 3 rings (SSSR count). The van der Waals surface area contributed by atoms with E-state index < -0.39 is 33.5 Å². The number of nitrogens with zero attached hydrogens (tertiary/aromatic N) is 4. The molecule has 1 fully saturated rings. The lowest BCUT2D eigenvalue weighted by molar-refractivity contribution is -0.384. The minimum atomic E-state index is -4.79. The number of anilines is 1. The lowest BCUT2D eigenvalue weighted by Gasteiger charge is -2.33. The van der Waals surface area contributed by atoms with Crippen LogP contribution in [0.3, 0.4) is 0 Å². The molecule has 1 saturated heterocycles. The highest BCUT2D eigenvalue weighted by Crippen LogP contribution is 2.42. The van der Waals surface area contributed by atoms with Crippen LogP contribution in [-0.4, -0.2) is 39.8 Å². The first-order valence-corrected chi connectivity index (χ1v) is 8.41. The molecule has 2 aromatic rings. The fraction of sp³-hybridized carbons (Fsp3) is 0.467. The van der Waals surface area contributed by atoms with Crippen molar-refractivity contribution < 1.29 is 22.8 Å². The Bertz CT molecular complexity index is 858. The minimum absolute atomic E-state index is 0.00227. The van der Waals surface area contributed by atoms with E-state index in [1.54, 1.807) is 4.90 Å². The number of H-pyrrole nitrogens is 1. The van der Waals surface area contributed by atoms with E-state index in [2.05, 4.69) is 15.2 Å². The monoisotopic (exact) mass is 405 g/mol. The Morgan fingerprint density at radius 1 is 1.48 bits per heavy atom. The van der Waals surface area contributed by atoms with E-state index in [4.69, 9.17) is 16.3 Å². The third-order valence-electron chi connectivity index (χ3n) is 4.15. The average Bonchev–Trinajstić information content (AvgIpc) is 3.09. The van der Waals surface area contributed by atoms with E-state index in [1.165, 1.54) is 0 Å². The third-order valence-corrected chi connectivity index (χ3v) is 4.46. The van der Waals surface area contributed by atoms with Crippen LogP contribution in [0.1, 0.15) is 30.2 Å². The number of aromatic amines is 1. The van der Waals surface area contributed by atoms with Gasteiger partial charge in [-0.15, -0.1) is 0 Å². The summed E-state index contributed by atoms with van der Waals surface area (Å²) in [5.74, 6) is 1.05. The number of halogens is 4. The number of ether oxygens (including phenoxy) is 1. The van der Waals surface area contributed by atoms with E-state index in [0.29, 0.717) is 24.1 Å². The smallest absolute Gasteiger partial charge is 0.366 e. The van der Waals surface area contributed by atoms with E-state index in [1.807, 2.05) is 6.92 Å². The number of alkyl halides is 3. The summed E-state index contributed by atoms with van der Waals surface area (Å²) in [5, 5.41) is 17.6. The molecule has 1 aromatic carbocycles. The van der Waals surface area contributed by atoms with Gasteiger partial charge in [-0.25, -0.2) is 4.98 Å². The molecule has 1 N–H and O–H groups in total. The molecular weight excluding hydrogens is 391 g/mol. The zero-order valence-corrected chi connectivity index (χ0v) is 14.8. The van der Waals surface area contributed by atoms with Crippen molar-refractivity contribution in [2.24, 2.45) is 0 Å². The largest absolute Gasteiger partial charge is 0.418 e. The highest BCUT2D eigenvalue weighted by atomic mass is 35.5. The van der Waals surface area contributed by atoms with Crippen LogP contribution in [0.4, 0.5) is 24.5 Å². The Hall–Kier alpha value is -2.40. The minimum Gasteiger partial charge on any atom is -0.366 e. The zero-order valence-electron chi connectivity index (χ0n) is 14.1. The highest BCUT2D eigenvalue weighted by Gasteiger charge is 2.37. The molecule has 1 aliphatic heterocycles. The van der Waals surface area contributed by atoms with Gasteiger partial charge in [0.1, 0.15) is 17.6 Å². The molecule has 1 aromatic heterocycles. The second kappa shape index (κ2) is 7.31. The number of hydrogen-bond acceptors (Lipinski definition) is 6. The summed E-state index contributed by atoms with van der Waals surface area (Å²) in [6, 6.07) is 1.43. The number of aromatic nitrogens is 3. The van der Waals surface area contributed by atoms with Gasteiger partial charge >= 0.3 is 6.18 Å². The molecule has 2 heterocycles. The van der Waals surface area contributed by atoms with Crippen molar-refractivity contribution >= 4 is 23.0 Å². The first kappa shape index (κ1) is 19.4. The summed E-state index contributed by atoms with van der Waals surface area (Å²) in [7, 11) is 0. The topological polar surface area (TPSA) is 97.2 Å². The predicted molar refractivity (Wildman–Crippen MR) is 89.8 cm³/mol.